The number of esters is 1. The number of ether oxygens (including phenoxy) is 2. The Hall–Kier alpha value is -1.10. The molecule has 1 amide bonds. The predicted molar refractivity (Wildman–Crippen MR) is 57.8 cm³/mol. The van der Waals surface area contributed by atoms with Crippen LogP contribution in [0.3, 0.4) is 0 Å². The maximum atomic E-state index is 11.7. The summed E-state index contributed by atoms with van der Waals surface area (Å²) in [5.74, 6) is -0.465. The Kier molecular flexibility index (Phi) is 4.73. The van der Waals surface area contributed by atoms with Crippen LogP contribution < -0.4 is 0 Å². The molecular weight excluding hydrogens is 210 g/mol. The van der Waals surface area contributed by atoms with Gasteiger partial charge in [0.1, 0.15) is 6.61 Å². The van der Waals surface area contributed by atoms with Crippen molar-refractivity contribution in [3.63, 3.8) is 0 Å². The van der Waals surface area contributed by atoms with Crippen LogP contribution >= 0.6 is 0 Å². The van der Waals surface area contributed by atoms with Crippen LogP contribution in [0.5, 0.6) is 0 Å². The van der Waals surface area contributed by atoms with Crippen molar-refractivity contribution in [2.75, 3.05) is 26.8 Å². The number of methoxy groups -OCH3 is 1. The molecule has 1 aliphatic heterocycles. The SMILES string of the molecule is COC(=O)C1CCN(C(=O)COC(C)C)C1. The zero-order valence-electron chi connectivity index (χ0n) is 10.1. The highest BCUT2D eigenvalue weighted by Crippen LogP contribution is 2.17. The van der Waals surface area contributed by atoms with Gasteiger partial charge in [0.2, 0.25) is 5.91 Å². The molecule has 0 aromatic carbocycles. The zero-order chi connectivity index (χ0) is 12.1. The molecule has 0 bridgehead atoms. The average molecular weight is 229 g/mol. The van der Waals surface area contributed by atoms with Gasteiger partial charge in [-0.3, -0.25) is 9.59 Å². The lowest BCUT2D eigenvalue weighted by molar-refractivity contribution is -0.145. The molecule has 5 heteroatoms. The highest BCUT2D eigenvalue weighted by atomic mass is 16.5. The predicted octanol–water partition coefficient (Wildman–Crippen LogP) is 0.433. The highest BCUT2D eigenvalue weighted by Gasteiger charge is 2.31. The van der Waals surface area contributed by atoms with Crippen molar-refractivity contribution < 1.29 is 19.1 Å². The van der Waals surface area contributed by atoms with Crippen LogP contribution in [-0.2, 0) is 19.1 Å². The van der Waals surface area contributed by atoms with Gasteiger partial charge in [-0.15, -0.1) is 0 Å². The molecular formula is C11H19NO4. The number of nitrogens with zero attached hydrogens (tertiary/aromatic N) is 1. The third-order valence-electron chi connectivity index (χ3n) is 2.62. The largest absolute Gasteiger partial charge is 0.469 e. The Morgan fingerprint density at radius 3 is 2.69 bits per heavy atom. The maximum Gasteiger partial charge on any atom is 0.310 e. The van der Waals surface area contributed by atoms with Crippen LogP contribution in [0.1, 0.15) is 20.3 Å². The van der Waals surface area contributed by atoms with Gasteiger partial charge < -0.3 is 14.4 Å². The van der Waals surface area contributed by atoms with Crippen LogP contribution in [-0.4, -0.2) is 49.7 Å². The highest BCUT2D eigenvalue weighted by molar-refractivity contribution is 5.80. The molecule has 5 nitrogen and oxygen atoms in total. The first-order valence-corrected chi connectivity index (χ1v) is 5.51. The van der Waals surface area contributed by atoms with E-state index in [1.165, 1.54) is 7.11 Å². The number of likely N-dealkylation sites (tertiary alicyclic amines) is 1. The van der Waals surface area contributed by atoms with Crippen molar-refractivity contribution >= 4 is 11.9 Å². The maximum absolute atomic E-state index is 11.7. The van der Waals surface area contributed by atoms with E-state index in [9.17, 15) is 9.59 Å². The van der Waals surface area contributed by atoms with E-state index in [0.717, 1.165) is 0 Å². The molecule has 0 radical (unpaired) electrons. The molecule has 0 aromatic rings. The molecule has 1 fully saturated rings. The second kappa shape index (κ2) is 5.84. The van der Waals surface area contributed by atoms with Gasteiger partial charge in [0.15, 0.2) is 0 Å². The Morgan fingerprint density at radius 1 is 1.44 bits per heavy atom. The normalized spacial score (nSPS) is 20.2. The zero-order valence-corrected chi connectivity index (χ0v) is 10.1. The lowest BCUT2D eigenvalue weighted by Crippen LogP contribution is -2.33. The second-order valence-electron chi connectivity index (χ2n) is 4.21. The van der Waals surface area contributed by atoms with Crippen LogP contribution in [0.2, 0.25) is 0 Å². The van der Waals surface area contributed by atoms with E-state index >= 15 is 0 Å². The van der Waals surface area contributed by atoms with Crippen LogP contribution in [0, 0.1) is 5.92 Å². The van der Waals surface area contributed by atoms with Gasteiger partial charge in [0, 0.05) is 13.1 Å². The van der Waals surface area contributed by atoms with Crippen LogP contribution in [0.25, 0.3) is 0 Å². The lowest BCUT2D eigenvalue weighted by atomic mass is 10.1. The summed E-state index contributed by atoms with van der Waals surface area (Å²) in [4.78, 5) is 24.6. The first-order chi connectivity index (χ1) is 7.54. The number of carbonyl (C=O) groups excluding carboxylic acids is 2. The van der Waals surface area contributed by atoms with Gasteiger partial charge >= 0.3 is 5.97 Å². The summed E-state index contributed by atoms with van der Waals surface area (Å²) in [5, 5.41) is 0. The molecule has 0 aliphatic carbocycles. The molecule has 0 spiro atoms. The summed E-state index contributed by atoms with van der Waals surface area (Å²) >= 11 is 0. The molecule has 0 saturated carbocycles. The molecule has 0 N–H and O–H groups in total. The molecule has 16 heavy (non-hydrogen) atoms. The fourth-order valence-electron chi connectivity index (χ4n) is 1.68. The number of amides is 1. The monoisotopic (exact) mass is 229 g/mol. The van der Waals surface area contributed by atoms with Gasteiger partial charge in [-0.05, 0) is 20.3 Å². The third kappa shape index (κ3) is 3.48. The summed E-state index contributed by atoms with van der Waals surface area (Å²) in [7, 11) is 1.37. The molecule has 1 saturated heterocycles. The van der Waals surface area contributed by atoms with Gasteiger partial charge in [0.05, 0.1) is 19.1 Å². The van der Waals surface area contributed by atoms with E-state index in [0.29, 0.717) is 19.5 Å². The molecule has 1 rings (SSSR count). The van der Waals surface area contributed by atoms with Crippen molar-refractivity contribution in [1.82, 2.24) is 4.90 Å². The molecule has 1 aliphatic rings. The Labute approximate surface area is 95.7 Å². The number of carbonyl (C=O) groups is 2. The van der Waals surface area contributed by atoms with Crippen molar-refractivity contribution in [2.45, 2.75) is 26.4 Å². The Balaban J connectivity index is 2.35. The van der Waals surface area contributed by atoms with E-state index in [1.54, 1.807) is 4.90 Å². The summed E-state index contributed by atoms with van der Waals surface area (Å²) in [5.41, 5.74) is 0. The number of rotatable bonds is 4. The lowest BCUT2D eigenvalue weighted by Gasteiger charge is -2.17. The third-order valence-corrected chi connectivity index (χ3v) is 2.62. The molecule has 1 unspecified atom stereocenters. The topological polar surface area (TPSA) is 55.8 Å². The second-order valence-corrected chi connectivity index (χ2v) is 4.21. The first kappa shape index (κ1) is 13.0. The minimum absolute atomic E-state index is 0.0444. The van der Waals surface area contributed by atoms with Gasteiger partial charge in [-0.1, -0.05) is 0 Å². The minimum atomic E-state index is -0.236. The van der Waals surface area contributed by atoms with E-state index in [4.69, 9.17) is 4.74 Å². The smallest absolute Gasteiger partial charge is 0.310 e. The van der Waals surface area contributed by atoms with Gasteiger partial charge in [-0.2, -0.15) is 0 Å². The summed E-state index contributed by atoms with van der Waals surface area (Å²) in [6, 6.07) is 0. The average Bonchev–Trinajstić information content (AvgIpc) is 2.74. The van der Waals surface area contributed by atoms with E-state index in [-0.39, 0.29) is 30.5 Å². The quantitative estimate of drug-likeness (QED) is 0.656. The minimum Gasteiger partial charge on any atom is -0.469 e. The number of hydrogen-bond donors (Lipinski definition) is 0. The fourth-order valence-corrected chi connectivity index (χ4v) is 1.68. The molecule has 1 atom stereocenters. The van der Waals surface area contributed by atoms with Crippen LogP contribution in [0.4, 0.5) is 0 Å². The van der Waals surface area contributed by atoms with E-state index in [1.807, 2.05) is 13.8 Å². The number of hydrogen-bond acceptors (Lipinski definition) is 4. The van der Waals surface area contributed by atoms with Gasteiger partial charge in [0.25, 0.3) is 0 Å². The summed E-state index contributed by atoms with van der Waals surface area (Å²) in [6.45, 7) is 4.92. The van der Waals surface area contributed by atoms with Crippen molar-refractivity contribution in [3.05, 3.63) is 0 Å². The Morgan fingerprint density at radius 2 is 2.12 bits per heavy atom. The van der Waals surface area contributed by atoms with Crippen LogP contribution in [0.15, 0.2) is 0 Å². The molecule has 0 aromatic heterocycles. The summed E-state index contributed by atoms with van der Waals surface area (Å²) < 4.78 is 9.88. The van der Waals surface area contributed by atoms with Crippen molar-refractivity contribution in [2.24, 2.45) is 5.92 Å². The van der Waals surface area contributed by atoms with Gasteiger partial charge in [-0.25, -0.2) is 0 Å². The molecule has 1 heterocycles. The van der Waals surface area contributed by atoms with Crippen molar-refractivity contribution in [1.29, 1.82) is 0 Å². The fraction of sp³-hybridized carbons (Fsp3) is 0.818. The van der Waals surface area contributed by atoms with E-state index in [2.05, 4.69) is 4.74 Å². The van der Waals surface area contributed by atoms with E-state index < -0.39 is 0 Å². The standard InChI is InChI=1S/C11H19NO4/c1-8(2)16-7-10(13)12-5-4-9(6-12)11(14)15-3/h8-9H,4-7H2,1-3H3. The van der Waals surface area contributed by atoms with Crippen molar-refractivity contribution in [3.8, 4) is 0 Å². The Bertz CT molecular complexity index is 265. The molecule has 92 valence electrons. The first-order valence-electron chi connectivity index (χ1n) is 5.51. The summed E-state index contributed by atoms with van der Waals surface area (Å²) in [6.07, 6.45) is 0.725.